The Morgan fingerprint density at radius 2 is 2.00 bits per heavy atom. The number of hydrogen-bond donors (Lipinski definition) is 0. The van der Waals surface area contributed by atoms with Crippen LogP contribution in [0.1, 0.15) is 42.4 Å². The summed E-state index contributed by atoms with van der Waals surface area (Å²) in [6.45, 7) is 4.31. The van der Waals surface area contributed by atoms with Gasteiger partial charge in [0.05, 0.1) is 0 Å². The first kappa shape index (κ1) is 12.2. The van der Waals surface area contributed by atoms with Crippen LogP contribution in [0.3, 0.4) is 0 Å². The Labute approximate surface area is 77.8 Å². The van der Waals surface area contributed by atoms with E-state index in [1.807, 2.05) is 0 Å². The van der Waals surface area contributed by atoms with Crippen molar-refractivity contribution >= 4 is 23.1 Å². The third-order valence-corrected chi connectivity index (χ3v) is 1.21. The van der Waals surface area contributed by atoms with Crippen molar-refractivity contribution in [3.63, 3.8) is 0 Å². The molecule has 0 N–H and O–H groups in total. The molecule has 0 nitrogen and oxygen atoms in total. The summed E-state index contributed by atoms with van der Waals surface area (Å²) in [5.41, 5.74) is 0. The summed E-state index contributed by atoms with van der Waals surface area (Å²) in [5, 5.41) is 0. The zero-order chi connectivity index (χ0) is 6.24. The molecule has 0 atom stereocenters. The Morgan fingerprint density at radius 3 is 2.44 bits per heavy atom. The summed E-state index contributed by atoms with van der Waals surface area (Å²) in [5.74, 6) is 0. The zero-order valence-corrected chi connectivity index (χ0v) is 8.10. The summed E-state index contributed by atoms with van der Waals surface area (Å²) < 4.78 is 0. The van der Waals surface area contributed by atoms with Crippen molar-refractivity contribution in [1.82, 2.24) is 0 Å². The van der Waals surface area contributed by atoms with Crippen LogP contribution < -0.4 is 0 Å². The first-order chi connectivity index (χ1) is 3.91. The maximum Gasteiger partial charge on any atom is 2.00 e. The van der Waals surface area contributed by atoms with E-state index in [9.17, 15) is 0 Å². The molecule has 0 saturated carbocycles. The molecule has 9 heavy (non-hydrogen) atoms. The molecule has 0 spiro atoms. The van der Waals surface area contributed by atoms with E-state index < -0.39 is 0 Å². The largest absolute Gasteiger partial charge is 2.00 e. The van der Waals surface area contributed by atoms with Gasteiger partial charge >= 0.3 is 23.1 Å². The molecule has 0 bridgehead atoms. The standard InChI is InChI=1S/C8H16.Mg.2H/c1-3-5-7-8-6-4-2;;;/h3,5H,4,6-8H2,1-2H3;;;/q;+2;2*-1/b5-3+;;;. The Balaban J connectivity index is -0.0000000817. The van der Waals surface area contributed by atoms with E-state index in [2.05, 4.69) is 26.0 Å². The molecule has 0 aromatic heterocycles. The van der Waals surface area contributed by atoms with Crippen LogP contribution in [0, 0.1) is 0 Å². The van der Waals surface area contributed by atoms with Crippen LogP contribution >= 0.6 is 0 Å². The van der Waals surface area contributed by atoms with Gasteiger partial charge in [0.15, 0.2) is 0 Å². The number of rotatable bonds is 4. The molecule has 0 amide bonds. The topological polar surface area (TPSA) is 0 Å². The van der Waals surface area contributed by atoms with Crippen LogP contribution in [0.5, 0.6) is 0 Å². The van der Waals surface area contributed by atoms with E-state index in [1.165, 1.54) is 25.7 Å². The van der Waals surface area contributed by atoms with E-state index in [0.717, 1.165) is 0 Å². The molecule has 0 aliphatic carbocycles. The molecule has 1 heteroatoms. The van der Waals surface area contributed by atoms with E-state index in [0.29, 0.717) is 0 Å². The first-order valence-electron chi connectivity index (χ1n) is 3.53. The summed E-state index contributed by atoms with van der Waals surface area (Å²) in [7, 11) is 0. The smallest absolute Gasteiger partial charge is 1.00 e. The van der Waals surface area contributed by atoms with Crippen molar-refractivity contribution in [2.45, 2.75) is 39.5 Å². The van der Waals surface area contributed by atoms with E-state index in [-0.39, 0.29) is 25.9 Å². The minimum absolute atomic E-state index is 0. The van der Waals surface area contributed by atoms with Gasteiger partial charge in [0.25, 0.3) is 0 Å². The molecular weight excluding hydrogens is 120 g/mol. The van der Waals surface area contributed by atoms with Crippen molar-refractivity contribution < 1.29 is 2.85 Å². The third kappa shape index (κ3) is 11.9. The predicted octanol–water partition coefficient (Wildman–Crippen LogP) is 2.99. The van der Waals surface area contributed by atoms with Gasteiger partial charge in [-0.1, -0.05) is 31.9 Å². The number of allylic oxidation sites excluding steroid dienone is 2. The van der Waals surface area contributed by atoms with Crippen LogP contribution in [-0.4, -0.2) is 23.1 Å². The fourth-order valence-corrected chi connectivity index (χ4v) is 0.679. The quantitative estimate of drug-likeness (QED) is 0.318. The molecule has 0 heterocycles. The second kappa shape index (κ2) is 11.3. The van der Waals surface area contributed by atoms with Crippen molar-refractivity contribution in [3.8, 4) is 0 Å². The van der Waals surface area contributed by atoms with Gasteiger partial charge in [-0.3, -0.25) is 0 Å². The average Bonchev–Trinajstić information content (AvgIpc) is 1.81. The Kier molecular flexibility index (Phi) is 15.4. The van der Waals surface area contributed by atoms with Gasteiger partial charge < -0.3 is 2.85 Å². The summed E-state index contributed by atoms with van der Waals surface area (Å²) >= 11 is 0. The van der Waals surface area contributed by atoms with Crippen molar-refractivity contribution in [2.75, 3.05) is 0 Å². The number of unbranched alkanes of at least 4 members (excludes halogenated alkanes) is 3. The first-order valence-corrected chi connectivity index (χ1v) is 3.53. The van der Waals surface area contributed by atoms with E-state index >= 15 is 0 Å². The molecule has 0 aromatic carbocycles. The van der Waals surface area contributed by atoms with Gasteiger partial charge in [-0.25, -0.2) is 0 Å². The van der Waals surface area contributed by atoms with Crippen LogP contribution in [-0.2, 0) is 0 Å². The minimum Gasteiger partial charge on any atom is -1.00 e. The van der Waals surface area contributed by atoms with E-state index in [1.54, 1.807) is 0 Å². The second-order valence-electron chi connectivity index (χ2n) is 2.06. The molecule has 0 saturated heterocycles. The summed E-state index contributed by atoms with van der Waals surface area (Å²) in [4.78, 5) is 0. The molecule has 0 fully saturated rings. The predicted molar refractivity (Wildman–Crippen MR) is 46.9 cm³/mol. The van der Waals surface area contributed by atoms with Gasteiger partial charge in [-0.2, -0.15) is 0 Å². The fraction of sp³-hybridized carbons (Fsp3) is 0.750. The molecule has 52 valence electrons. The van der Waals surface area contributed by atoms with Crippen molar-refractivity contribution in [2.24, 2.45) is 0 Å². The molecule has 0 aromatic rings. The van der Waals surface area contributed by atoms with Gasteiger partial charge in [0.1, 0.15) is 0 Å². The summed E-state index contributed by atoms with van der Waals surface area (Å²) in [6.07, 6.45) is 9.69. The molecule has 0 aliphatic rings. The maximum absolute atomic E-state index is 2.23. The third-order valence-electron chi connectivity index (χ3n) is 1.21. The van der Waals surface area contributed by atoms with Crippen molar-refractivity contribution in [3.05, 3.63) is 12.2 Å². The monoisotopic (exact) mass is 138 g/mol. The Morgan fingerprint density at radius 1 is 1.33 bits per heavy atom. The zero-order valence-electron chi connectivity index (χ0n) is 8.69. The second-order valence-corrected chi connectivity index (χ2v) is 2.06. The molecule has 0 rings (SSSR count). The maximum atomic E-state index is 2.23. The van der Waals surface area contributed by atoms with E-state index in [4.69, 9.17) is 0 Å². The Bertz CT molecular complexity index is 65.1. The minimum atomic E-state index is 0. The SMILES string of the molecule is C/C=C/CCCCC.[H-].[H-].[Mg+2]. The van der Waals surface area contributed by atoms with Crippen LogP contribution in [0.15, 0.2) is 12.2 Å². The number of hydrogen-bond acceptors (Lipinski definition) is 0. The van der Waals surface area contributed by atoms with Gasteiger partial charge in [0.2, 0.25) is 0 Å². The van der Waals surface area contributed by atoms with Gasteiger partial charge in [0, 0.05) is 0 Å². The van der Waals surface area contributed by atoms with Crippen LogP contribution in [0.25, 0.3) is 0 Å². The normalized spacial score (nSPS) is 9.56. The average molecular weight is 139 g/mol. The van der Waals surface area contributed by atoms with Crippen molar-refractivity contribution in [1.29, 1.82) is 0 Å². The molecule has 0 aliphatic heterocycles. The molecule has 0 unspecified atom stereocenters. The molecule has 0 radical (unpaired) electrons. The van der Waals surface area contributed by atoms with Crippen LogP contribution in [0.4, 0.5) is 0 Å². The summed E-state index contributed by atoms with van der Waals surface area (Å²) in [6, 6.07) is 0. The van der Waals surface area contributed by atoms with Crippen LogP contribution in [0.2, 0.25) is 0 Å². The van der Waals surface area contributed by atoms with Gasteiger partial charge in [-0.05, 0) is 19.8 Å². The fourth-order valence-electron chi connectivity index (χ4n) is 0.679. The Hall–Kier alpha value is 0.506. The molecular formula is C8H18Mg. The van der Waals surface area contributed by atoms with Gasteiger partial charge in [-0.15, -0.1) is 0 Å².